The summed E-state index contributed by atoms with van der Waals surface area (Å²) in [5.74, 6) is 0.648. The Morgan fingerprint density at radius 2 is 1.79 bits per heavy atom. The van der Waals surface area contributed by atoms with Gasteiger partial charge < -0.3 is 15.2 Å². The molecular weight excluding hydrogens is 388 g/mol. The first kappa shape index (κ1) is 20.5. The second-order valence-electron chi connectivity index (χ2n) is 6.19. The molecule has 0 atom stereocenters. The lowest BCUT2D eigenvalue weighted by Gasteiger charge is -2.09. The number of amides is 2. The Hall–Kier alpha value is -3.20. The van der Waals surface area contributed by atoms with Crippen LogP contribution in [-0.2, 0) is 11.3 Å². The third-order valence-corrected chi connectivity index (χ3v) is 5.06. The topological polar surface area (TPSA) is 102 Å². The molecule has 1 aromatic carbocycles. The van der Waals surface area contributed by atoms with Gasteiger partial charge >= 0.3 is 0 Å². The Balaban J connectivity index is 1.64. The Labute approximate surface area is 173 Å². The molecular formula is C20H22N6O2S. The quantitative estimate of drug-likeness (QED) is 0.554. The monoisotopic (exact) mass is 410 g/mol. The lowest BCUT2D eigenvalue weighted by Crippen LogP contribution is -2.18. The number of nitrogens with one attached hydrogen (secondary N) is 2. The van der Waals surface area contributed by atoms with E-state index in [-0.39, 0.29) is 17.6 Å². The van der Waals surface area contributed by atoms with Crippen molar-refractivity contribution in [2.45, 2.75) is 25.0 Å². The van der Waals surface area contributed by atoms with Gasteiger partial charge in [-0.05, 0) is 42.8 Å². The number of hydrogen-bond donors (Lipinski definition) is 2. The van der Waals surface area contributed by atoms with Crippen molar-refractivity contribution >= 4 is 29.3 Å². The summed E-state index contributed by atoms with van der Waals surface area (Å²) in [7, 11) is 1.58. The van der Waals surface area contributed by atoms with Gasteiger partial charge in [0.1, 0.15) is 0 Å². The molecule has 0 aliphatic carbocycles. The maximum Gasteiger partial charge on any atom is 0.251 e. The third-order valence-electron chi connectivity index (χ3n) is 4.09. The molecule has 2 aromatic heterocycles. The van der Waals surface area contributed by atoms with Gasteiger partial charge in [0.15, 0.2) is 11.0 Å². The number of aromatic nitrogens is 4. The summed E-state index contributed by atoms with van der Waals surface area (Å²) in [6.07, 6.45) is 4.36. The molecule has 3 rings (SSSR count). The normalized spacial score (nSPS) is 10.6. The highest BCUT2D eigenvalue weighted by Crippen LogP contribution is 2.24. The lowest BCUT2D eigenvalue weighted by atomic mass is 10.2. The van der Waals surface area contributed by atoms with Gasteiger partial charge in [0.2, 0.25) is 5.91 Å². The molecule has 0 spiro atoms. The van der Waals surface area contributed by atoms with Crippen molar-refractivity contribution in [3.63, 3.8) is 0 Å². The molecule has 150 valence electrons. The van der Waals surface area contributed by atoms with Crippen molar-refractivity contribution < 1.29 is 9.59 Å². The Bertz CT molecular complexity index is 972. The summed E-state index contributed by atoms with van der Waals surface area (Å²) >= 11 is 1.34. The van der Waals surface area contributed by atoms with E-state index < -0.39 is 0 Å². The molecule has 9 heteroatoms. The minimum Gasteiger partial charge on any atom is -0.355 e. The van der Waals surface area contributed by atoms with Crippen LogP contribution in [0.2, 0.25) is 0 Å². The van der Waals surface area contributed by atoms with E-state index in [4.69, 9.17) is 0 Å². The van der Waals surface area contributed by atoms with Gasteiger partial charge in [0, 0.05) is 42.8 Å². The van der Waals surface area contributed by atoms with Crippen molar-refractivity contribution in [2.75, 3.05) is 18.1 Å². The van der Waals surface area contributed by atoms with Crippen LogP contribution in [0.15, 0.2) is 53.9 Å². The van der Waals surface area contributed by atoms with E-state index in [9.17, 15) is 9.59 Å². The molecule has 0 bridgehead atoms. The first-order valence-electron chi connectivity index (χ1n) is 9.20. The molecule has 3 aromatic rings. The van der Waals surface area contributed by atoms with E-state index in [1.54, 1.807) is 43.7 Å². The van der Waals surface area contributed by atoms with Crippen LogP contribution in [0, 0.1) is 0 Å². The third kappa shape index (κ3) is 5.20. The largest absolute Gasteiger partial charge is 0.355 e. The zero-order valence-electron chi connectivity index (χ0n) is 16.3. The second-order valence-corrected chi connectivity index (χ2v) is 7.13. The Kier molecular flexibility index (Phi) is 6.96. The van der Waals surface area contributed by atoms with Crippen LogP contribution in [0.25, 0.3) is 11.4 Å². The van der Waals surface area contributed by atoms with Crippen LogP contribution in [0.1, 0.15) is 23.7 Å². The predicted molar refractivity (Wildman–Crippen MR) is 113 cm³/mol. The molecule has 0 aliphatic heterocycles. The molecule has 0 saturated heterocycles. The molecule has 0 aliphatic rings. The van der Waals surface area contributed by atoms with Gasteiger partial charge in [-0.15, -0.1) is 10.2 Å². The van der Waals surface area contributed by atoms with E-state index in [2.05, 4.69) is 32.7 Å². The molecule has 2 heterocycles. The van der Waals surface area contributed by atoms with Crippen molar-refractivity contribution in [3.8, 4) is 11.4 Å². The second kappa shape index (κ2) is 9.83. The fourth-order valence-corrected chi connectivity index (χ4v) is 3.48. The molecule has 2 N–H and O–H groups in total. The van der Waals surface area contributed by atoms with E-state index >= 15 is 0 Å². The summed E-state index contributed by atoms with van der Waals surface area (Å²) in [5, 5.41) is 14.6. The highest BCUT2D eigenvalue weighted by atomic mass is 32.2. The fraction of sp³-hybridized carbons (Fsp3) is 0.250. The van der Waals surface area contributed by atoms with Gasteiger partial charge in [0.05, 0.1) is 5.75 Å². The van der Waals surface area contributed by atoms with Gasteiger partial charge in [-0.3, -0.25) is 14.6 Å². The van der Waals surface area contributed by atoms with Crippen molar-refractivity contribution in [2.24, 2.45) is 0 Å². The average Bonchev–Trinajstić information content (AvgIpc) is 3.16. The highest BCUT2D eigenvalue weighted by molar-refractivity contribution is 7.99. The molecule has 0 radical (unpaired) electrons. The number of nitrogens with zero attached hydrogens (tertiary/aromatic N) is 4. The number of carbonyl (C=O) groups excluding carboxylic acids is 2. The van der Waals surface area contributed by atoms with Crippen LogP contribution in [-0.4, -0.2) is 44.4 Å². The summed E-state index contributed by atoms with van der Waals surface area (Å²) in [4.78, 5) is 27.9. The molecule has 0 unspecified atom stereocenters. The summed E-state index contributed by atoms with van der Waals surface area (Å²) in [6, 6.07) is 10.5. The Morgan fingerprint density at radius 3 is 2.45 bits per heavy atom. The van der Waals surface area contributed by atoms with Crippen LogP contribution in [0.5, 0.6) is 0 Å². The van der Waals surface area contributed by atoms with Crippen LogP contribution in [0.4, 0.5) is 5.69 Å². The van der Waals surface area contributed by atoms with E-state index in [1.165, 1.54) is 11.8 Å². The zero-order chi connectivity index (χ0) is 20.6. The molecule has 0 fully saturated rings. The van der Waals surface area contributed by atoms with E-state index in [1.807, 2.05) is 16.7 Å². The molecule has 8 nitrogen and oxygen atoms in total. The smallest absolute Gasteiger partial charge is 0.251 e. The van der Waals surface area contributed by atoms with Crippen molar-refractivity contribution in [3.05, 3.63) is 54.4 Å². The number of thioether (sulfide) groups is 1. The van der Waals surface area contributed by atoms with Crippen molar-refractivity contribution in [1.29, 1.82) is 0 Å². The Morgan fingerprint density at radius 1 is 1.07 bits per heavy atom. The van der Waals surface area contributed by atoms with Gasteiger partial charge in [-0.1, -0.05) is 18.7 Å². The highest BCUT2D eigenvalue weighted by Gasteiger charge is 2.15. The molecule has 2 amide bonds. The number of pyridine rings is 1. The van der Waals surface area contributed by atoms with Crippen LogP contribution in [0.3, 0.4) is 0 Å². The zero-order valence-corrected chi connectivity index (χ0v) is 17.1. The maximum atomic E-state index is 12.3. The van der Waals surface area contributed by atoms with Crippen LogP contribution < -0.4 is 10.6 Å². The number of rotatable bonds is 8. The predicted octanol–water partition coefficient (Wildman–Crippen LogP) is 2.84. The summed E-state index contributed by atoms with van der Waals surface area (Å²) < 4.78 is 2.02. The molecule has 29 heavy (non-hydrogen) atoms. The molecule has 0 saturated carbocycles. The van der Waals surface area contributed by atoms with Gasteiger partial charge in [0.25, 0.3) is 5.91 Å². The van der Waals surface area contributed by atoms with E-state index in [0.29, 0.717) is 16.4 Å². The number of anilines is 1. The van der Waals surface area contributed by atoms with E-state index in [0.717, 1.165) is 24.4 Å². The number of carbonyl (C=O) groups is 2. The minimum absolute atomic E-state index is 0.154. The summed E-state index contributed by atoms with van der Waals surface area (Å²) in [6.45, 7) is 2.84. The van der Waals surface area contributed by atoms with Crippen LogP contribution >= 0.6 is 11.8 Å². The summed E-state index contributed by atoms with van der Waals surface area (Å²) in [5.41, 5.74) is 2.11. The van der Waals surface area contributed by atoms with Gasteiger partial charge in [-0.25, -0.2) is 0 Å². The average molecular weight is 411 g/mol. The fourth-order valence-electron chi connectivity index (χ4n) is 2.71. The SMILES string of the molecule is CCCn1c(SCC(=O)Nc2ccc(C(=O)NC)cc2)nnc1-c1ccncc1. The number of hydrogen-bond acceptors (Lipinski definition) is 6. The first-order chi connectivity index (χ1) is 14.1. The number of benzene rings is 1. The minimum atomic E-state index is -0.168. The lowest BCUT2D eigenvalue weighted by molar-refractivity contribution is -0.113. The first-order valence-corrected chi connectivity index (χ1v) is 10.2. The van der Waals surface area contributed by atoms with Crippen molar-refractivity contribution in [1.82, 2.24) is 25.1 Å². The standard InChI is InChI=1S/C20H22N6O2S/c1-3-12-26-18(14-8-10-22-11-9-14)24-25-20(26)29-13-17(27)23-16-6-4-15(5-7-16)19(28)21-2/h4-11H,3,12-13H2,1-2H3,(H,21,28)(H,23,27). The maximum absolute atomic E-state index is 12.3. The van der Waals surface area contributed by atoms with Gasteiger partial charge in [-0.2, -0.15) is 0 Å².